The first-order valence-electron chi connectivity index (χ1n) is 9.60. The molecular weight excluding hydrogens is 302 g/mol. The standard InChI is InChI=1S/C19H31N3O2/c1-14-6-5-7-17(12-14)24-15(2)19(23)20-10-9-16-13-22-11-4-3-8-18(22)21-16/h13-15,17H,3-12H2,1-2H3,(H,20,23)/t14-,15+,17+/m1/s1. The van der Waals surface area contributed by atoms with Crippen LogP contribution in [0.3, 0.4) is 0 Å². The summed E-state index contributed by atoms with van der Waals surface area (Å²) in [5, 5.41) is 3.00. The molecule has 1 saturated carbocycles. The van der Waals surface area contributed by atoms with Gasteiger partial charge in [-0.2, -0.15) is 0 Å². The van der Waals surface area contributed by atoms with Crippen LogP contribution in [0.15, 0.2) is 6.20 Å². The normalized spacial score (nSPS) is 25.1. The highest BCUT2D eigenvalue weighted by atomic mass is 16.5. The lowest BCUT2D eigenvalue weighted by Gasteiger charge is -2.28. The molecule has 1 N–H and O–H groups in total. The number of fused-ring (bicyclic) bond motifs is 1. The quantitative estimate of drug-likeness (QED) is 0.871. The number of hydrogen-bond acceptors (Lipinski definition) is 3. The molecule has 0 unspecified atom stereocenters. The van der Waals surface area contributed by atoms with Gasteiger partial charge in [0.05, 0.1) is 11.8 Å². The maximum atomic E-state index is 12.2. The maximum absolute atomic E-state index is 12.2. The topological polar surface area (TPSA) is 56.1 Å². The van der Waals surface area contributed by atoms with Crippen molar-refractivity contribution in [1.82, 2.24) is 14.9 Å². The summed E-state index contributed by atoms with van der Waals surface area (Å²) in [4.78, 5) is 16.9. The van der Waals surface area contributed by atoms with Crippen molar-refractivity contribution in [2.75, 3.05) is 6.54 Å². The number of aromatic nitrogens is 2. The van der Waals surface area contributed by atoms with Crippen LogP contribution in [0.2, 0.25) is 0 Å². The van der Waals surface area contributed by atoms with Crippen molar-refractivity contribution in [1.29, 1.82) is 0 Å². The summed E-state index contributed by atoms with van der Waals surface area (Å²) in [5.41, 5.74) is 1.09. The number of nitrogens with one attached hydrogen (secondary N) is 1. The fourth-order valence-electron chi connectivity index (χ4n) is 3.90. The van der Waals surface area contributed by atoms with Gasteiger partial charge in [0.2, 0.25) is 5.91 Å². The first-order valence-corrected chi connectivity index (χ1v) is 9.60. The zero-order chi connectivity index (χ0) is 16.9. The molecule has 3 rings (SSSR count). The van der Waals surface area contributed by atoms with Crippen molar-refractivity contribution in [3.63, 3.8) is 0 Å². The SMILES string of the molecule is C[C@@H]1CCC[C@H](O[C@@H](C)C(=O)NCCc2cn3c(n2)CCCC3)C1. The Bertz CT molecular complexity index is 531. The van der Waals surface area contributed by atoms with Crippen LogP contribution in [0, 0.1) is 5.92 Å². The van der Waals surface area contributed by atoms with E-state index in [1.807, 2.05) is 6.92 Å². The molecular formula is C19H31N3O2. The van der Waals surface area contributed by atoms with Crippen molar-refractivity contribution in [3.8, 4) is 0 Å². The highest BCUT2D eigenvalue weighted by molar-refractivity contribution is 5.80. The van der Waals surface area contributed by atoms with Gasteiger partial charge in [-0.15, -0.1) is 0 Å². The number of ether oxygens (including phenoxy) is 1. The lowest BCUT2D eigenvalue weighted by atomic mass is 9.88. The lowest BCUT2D eigenvalue weighted by molar-refractivity contribution is -0.137. The minimum absolute atomic E-state index is 0.00259. The molecule has 2 aliphatic rings. The number of hydrogen-bond donors (Lipinski definition) is 1. The molecule has 3 atom stereocenters. The molecule has 134 valence electrons. The van der Waals surface area contributed by atoms with Gasteiger partial charge in [-0.05, 0) is 38.5 Å². The largest absolute Gasteiger partial charge is 0.365 e. The first kappa shape index (κ1) is 17.5. The molecule has 0 saturated heterocycles. The zero-order valence-corrected chi connectivity index (χ0v) is 15.1. The minimum atomic E-state index is -0.365. The van der Waals surface area contributed by atoms with Gasteiger partial charge >= 0.3 is 0 Å². The van der Waals surface area contributed by atoms with Gasteiger partial charge in [0, 0.05) is 32.1 Å². The van der Waals surface area contributed by atoms with E-state index in [0.29, 0.717) is 12.5 Å². The first-order chi connectivity index (χ1) is 11.6. The van der Waals surface area contributed by atoms with E-state index in [1.54, 1.807) is 0 Å². The molecule has 1 aliphatic heterocycles. The molecule has 1 fully saturated rings. The van der Waals surface area contributed by atoms with Gasteiger partial charge in [-0.25, -0.2) is 4.98 Å². The summed E-state index contributed by atoms with van der Waals surface area (Å²) >= 11 is 0. The summed E-state index contributed by atoms with van der Waals surface area (Å²) < 4.78 is 8.22. The lowest BCUT2D eigenvalue weighted by Crippen LogP contribution is -2.38. The van der Waals surface area contributed by atoms with Crippen molar-refractivity contribution < 1.29 is 9.53 Å². The third-order valence-electron chi connectivity index (χ3n) is 5.29. The molecule has 5 nitrogen and oxygen atoms in total. The van der Waals surface area contributed by atoms with Crippen LogP contribution < -0.4 is 5.32 Å². The number of carbonyl (C=O) groups is 1. The Morgan fingerprint density at radius 3 is 3.08 bits per heavy atom. The number of carbonyl (C=O) groups excluding carboxylic acids is 1. The van der Waals surface area contributed by atoms with Gasteiger partial charge in [-0.3, -0.25) is 4.79 Å². The fourth-order valence-corrected chi connectivity index (χ4v) is 3.90. The van der Waals surface area contributed by atoms with Crippen molar-refractivity contribution >= 4 is 5.91 Å². The summed E-state index contributed by atoms with van der Waals surface area (Å²) in [6.07, 6.45) is 11.0. The fraction of sp³-hybridized carbons (Fsp3) is 0.789. The van der Waals surface area contributed by atoms with E-state index < -0.39 is 0 Å². The molecule has 0 radical (unpaired) electrons. The number of nitrogens with zero attached hydrogens (tertiary/aromatic N) is 2. The van der Waals surface area contributed by atoms with Crippen molar-refractivity contribution in [3.05, 3.63) is 17.7 Å². The zero-order valence-electron chi connectivity index (χ0n) is 15.1. The average Bonchev–Trinajstić information content (AvgIpc) is 2.97. The predicted molar refractivity (Wildman–Crippen MR) is 93.8 cm³/mol. The average molecular weight is 333 g/mol. The second-order valence-corrected chi connectivity index (χ2v) is 7.51. The van der Waals surface area contributed by atoms with Gasteiger partial charge in [0.15, 0.2) is 0 Å². The van der Waals surface area contributed by atoms with Crippen molar-refractivity contribution in [2.45, 2.75) is 84.0 Å². The van der Waals surface area contributed by atoms with Crippen molar-refractivity contribution in [2.24, 2.45) is 5.92 Å². The van der Waals surface area contributed by atoms with Gasteiger partial charge < -0.3 is 14.6 Å². The number of imidazole rings is 1. The number of rotatable bonds is 6. The van der Waals surface area contributed by atoms with Crippen LogP contribution in [0.25, 0.3) is 0 Å². The van der Waals surface area contributed by atoms with Crippen LogP contribution in [0.1, 0.15) is 63.9 Å². The number of amides is 1. The Kier molecular flexibility index (Phi) is 5.93. The Hall–Kier alpha value is -1.36. The van der Waals surface area contributed by atoms with Crippen LogP contribution in [0.5, 0.6) is 0 Å². The van der Waals surface area contributed by atoms with E-state index in [1.165, 1.54) is 31.5 Å². The molecule has 5 heteroatoms. The van der Waals surface area contributed by atoms with E-state index in [9.17, 15) is 4.79 Å². The van der Waals surface area contributed by atoms with Crippen LogP contribution in [0.4, 0.5) is 0 Å². The highest BCUT2D eigenvalue weighted by Crippen LogP contribution is 2.26. The molecule has 1 aromatic heterocycles. The summed E-state index contributed by atoms with van der Waals surface area (Å²) in [7, 11) is 0. The second-order valence-electron chi connectivity index (χ2n) is 7.51. The van der Waals surface area contributed by atoms with Crippen LogP contribution in [-0.2, 0) is 28.9 Å². The second kappa shape index (κ2) is 8.15. The molecule has 1 aliphatic carbocycles. The molecule has 1 aromatic rings. The summed E-state index contributed by atoms with van der Waals surface area (Å²) in [5.74, 6) is 1.91. The maximum Gasteiger partial charge on any atom is 0.248 e. The Morgan fingerprint density at radius 2 is 2.29 bits per heavy atom. The molecule has 0 aromatic carbocycles. The molecule has 24 heavy (non-hydrogen) atoms. The Balaban J connectivity index is 1.39. The number of aryl methyl sites for hydroxylation is 2. The molecule has 0 spiro atoms. The Morgan fingerprint density at radius 1 is 1.42 bits per heavy atom. The molecule has 0 bridgehead atoms. The third-order valence-corrected chi connectivity index (χ3v) is 5.29. The minimum Gasteiger partial charge on any atom is -0.365 e. The van der Waals surface area contributed by atoms with E-state index in [0.717, 1.165) is 37.9 Å². The predicted octanol–water partition coefficient (Wildman–Crippen LogP) is 2.86. The highest BCUT2D eigenvalue weighted by Gasteiger charge is 2.24. The smallest absolute Gasteiger partial charge is 0.248 e. The van der Waals surface area contributed by atoms with Gasteiger partial charge in [0.25, 0.3) is 0 Å². The van der Waals surface area contributed by atoms with Gasteiger partial charge in [0.1, 0.15) is 11.9 Å². The van der Waals surface area contributed by atoms with Gasteiger partial charge in [-0.1, -0.05) is 19.8 Å². The van der Waals surface area contributed by atoms with E-state index in [4.69, 9.17) is 4.74 Å². The molecule has 1 amide bonds. The molecule has 2 heterocycles. The van der Waals surface area contributed by atoms with E-state index >= 15 is 0 Å². The van der Waals surface area contributed by atoms with E-state index in [2.05, 4.69) is 28.0 Å². The van der Waals surface area contributed by atoms with Crippen LogP contribution in [-0.4, -0.2) is 34.2 Å². The van der Waals surface area contributed by atoms with E-state index in [-0.39, 0.29) is 18.1 Å². The monoisotopic (exact) mass is 333 g/mol. The Labute approximate surface area is 145 Å². The third kappa shape index (κ3) is 4.59. The summed E-state index contributed by atoms with van der Waals surface area (Å²) in [6, 6.07) is 0. The summed E-state index contributed by atoms with van der Waals surface area (Å²) in [6.45, 7) is 5.85. The van der Waals surface area contributed by atoms with Crippen LogP contribution >= 0.6 is 0 Å².